The van der Waals surface area contributed by atoms with E-state index in [-0.39, 0.29) is 16.7 Å². The third-order valence-electron chi connectivity index (χ3n) is 4.77. The minimum absolute atomic E-state index is 0.0257. The van der Waals surface area contributed by atoms with E-state index < -0.39 is 10.0 Å². The largest absolute Gasteiger partial charge is 0.457 e. The van der Waals surface area contributed by atoms with Crippen LogP contribution in [0.4, 0.5) is 11.4 Å². The van der Waals surface area contributed by atoms with Gasteiger partial charge in [-0.1, -0.05) is 18.2 Å². The van der Waals surface area contributed by atoms with Crippen molar-refractivity contribution >= 4 is 33.2 Å². The topological polar surface area (TPSA) is 92.8 Å². The van der Waals surface area contributed by atoms with Crippen molar-refractivity contribution in [3.05, 3.63) is 78.9 Å². The Labute approximate surface area is 180 Å². The lowest BCUT2D eigenvalue weighted by atomic mass is 10.1. The van der Waals surface area contributed by atoms with Crippen molar-refractivity contribution in [2.24, 2.45) is 0 Å². The first kappa shape index (κ1) is 20.6. The molecule has 0 bridgehead atoms. The average molecular weight is 436 g/mol. The summed E-state index contributed by atoms with van der Waals surface area (Å²) in [5, 5.41) is 0. The summed E-state index contributed by atoms with van der Waals surface area (Å²) in [5.74, 6) is 0.710. The fraction of sp³-hybridized carbons (Fsp3) is 0.130. The number of piperidine rings is 1. The molecule has 0 radical (unpaired) electrons. The third kappa shape index (κ3) is 4.75. The van der Waals surface area contributed by atoms with E-state index in [9.17, 15) is 18.0 Å². The molecule has 1 saturated heterocycles. The molecule has 3 aromatic carbocycles. The van der Waals surface area contributed by atoms with Crippen molar-refractivity contribution in [3.63, 3.8) is 0 Å². The number of hydrogen-bond acceptors (Lipinski definition) is 5. The molecule has 1 aliphatic rings. The maximum atomic E-state index is 12.7. The number of carbonyl (C=O) groups is 2. The van der Waals surface area contributed by atoms with Crippen molar-refractivity contribution in [1.82, 2.24) is 0 Å². The molecule has 158 valence electrons. The van der Waals surface area contributed by atoms with Crippen LogP contribution in [0.2, 0.25) is 0 Å². The summed E-state index contributed by atoms with van der Waals surface area (Å²) in [6.45, 7) is 0. The zero-order chi connectivity index (χ0) is 21.8. The van der Waals surface area contributed by atoms with Gasteiger partial charge in [-0.3, -0.25) is 19.2 Å². The Balaban J connectivity index is 1.46. The van der Waals surface area contributed by atoms with E-state index in [1.165, 1.54) is 24.3 Å². The molecule has 0 spiro atoms. The standard InChI is InChI=1S/C23H20N2O5S/c26-22-7-4-8-23(27)25(22)18-11-15-21(16-12-18)31(28,29)24-17-9-13-20(14-10-17)30-19-5-2-1-3-6-19/h1-3,5-6,9-16,24H,4,7-8H2. The van der Waals surface area contributed by atoms with Crippen LogP contribution in [0.5, 0.6) is 11.5 Å². The van der Waals surface area contributed by atoms with Gasteiger partial charge >= 0.3 is 0 Å². The van der Waals surface area contributed by atoms with Gasteiger partial charge in [0.15, 0.2) is 0 Å². The Kier molecular flexibility index (Phi) is 5.73. The highest BCUT2D eigenvalue weighted by atomic mass is 32.2. The number of benzene rings is 3. The van der Waals surface area contributed by atoms with E-state index in [0.717, 1.165) is 4.90 Å². The molecule has 0 saturated carbocycles. The number of nitrogens with zero attached hydrogens (tertiary/aromatic N) is 1. The lowest BCUT2D eigenvalue weighted by Gasteiger charge is -2.24. The van der Waals surface area contributed by atoms with E-state index in [4.69, 9.17) is 4.74 Å². The molecule has 0 unspecified atom stereocenters. The summed E-state index contributed by atoms with van der Waals surface area (Å²) < 4.78 is 33.6. The first-order valence-electron chi connectivity index (χ1n) is 9.74. The van der Waals surface area contributed by atoms with Crippen LogP contribution in [0.15, 0.2) is 83.8 Å². The monoisotopic (exact) mass is 436 g/mol. The molecule has 1 fully saturated rings. The van der Waals surface area contributed by atoms with E-state index in [1.54, 1.807) is 24.3 Å². The zero-order valence-electron chi connectivity index (χ0n) is 16.5. The number of sulfonamides is 1. The number of hydrogen-bond donors (Lipinski definition) is 1. The van der Waals surface area contributed by atoms with Gasteiger partial charge in [0.05, 0.1) is 10.6 Å². The maximum Gasteiger partial charge on any atom is 0.261 e. The van der Waals surface area contributed by atoms with Gasteiger partial charge in [0.2, 0.25) is 11.8 Å². The summed E-state index contributed by atoms with van der Waals surface area (Å²) in [5.41, 5.74) is 0.752. The summed E-state index contributed by atoms with van der Waals surface area (Å²) in [6.07, 6.45) is 1.15. The van der Waals surface area contributed by atoms with E-state index in [1.807, 2.05) is 30.3 Å². The van der Waals surface area contributed by atoms with Crippen LogP contribution in [0, 0.1) is 0 Å². The van der Waals surface area contributed by atoms with Gasteiger partial charge in [-0.2, -0.15) is 0 Å². The van der Waals surface area contributed by atoms with Crippen LogP contribution >= 0.6 is 0 Å². The van der Waals surface area contributed by atoms with Gasteiger partial charge in [0.25, 0.3) is 10.0 Å². The van der Waals surface area contributed by atoms with Gasteiger partial charge in [-0.15, -0.1) is 0 Å². The second-order valence-corrected chi connectivity index (χ2v) is 8.70. The van der Waals surface area contributed by atoms with Crippen LogP contribution in [0.1, 0.15) is 19.3 Å². The van der Waals surface area contributed by atoms with Gasteiger partial charge in [0, 0.05) is 18.5 Å². The fourth-order valence-corrected chi connectivity index (χ4v) is 4.30. The van der Waals surface area contributed by atoms with Crippen LogP contribution in [0.25, 0.3) is 0 Å². The van der Waals surface area contributed by atoms with Crippen molar-refractivity contribution in [2.45, 2.75) is 24.2 Å². The average Bonchev–Trinajstić information content (AvgIpc) is 2.76. The summed E-state index contributed by atoms with van der Waals surface area (Å²) in [7, 11) is -3.84. The Hall–Kier alpha value is -3.65. The Morgan fingerprint density at radius 3 is 1.94 bits per heavy atom. The number of imide groups is 1. The van der Waals surface area contributed by atoms with Gasteiger partial charge in [-0.05, 0) is 67.1 Å². The number of rotatable bonds is 6. The molecule has 1 heterocycles. The van der Waals surface area contributed by atoms with E-state index >= 15 is 0 Å². The molecule has 1 aliphatic heterocycles. The Bertz CT molecular complexity index is 1170. The smallest absolute Gasteiger partial charge is 0.261 e. The molecule has 2 amide bonds. The minimum atomic E-state index is -3.84. The van der Waals surface area contributed by atoms with Crippen LogP contribution in [0.3, 0.4) is 0 Å². The molecule has 1 N–H and O–H groups in total. The lowest BCUT2D eigenvalue weighted by molar-refractivity contribution is -0.129. The quantitative estimate of drug-likeness (QED) is 0.581. The SMILES string of the molecule is O=C1CCCC(=O)N1c1ccc(S(=O)(=O)Nc2ccc(Oc3ccccc3)cc2)cc1. The van der Waals surface area contributed by atoms with Gasteiger partial charge in [-0.25, -0.2) is 8.42 Å². The van der Waals surface area contributed by atoms with Crippen molar-refractivity contribution < 1.29 is 22.7 Å². The van der Waals surface area contributed by atoms with Crippen molar-refractivity contribution in [1.29, 1.82) is 0 Å². The number of amides is 2. The summed E-state index contributed by atoms with van der Waals surface area (Å²) >= 11 is 0. The molecule has 4 rings (SSSR count). The molecule has 0 aromatic heterocycles. The first-order valence-corrected chi connectivity index (χ1v) is 11.2. The van der Waals surface area contributed by atoms with Gasteiger partial charge in [0.1, 0.15) is 11.5 Å². The maximum absolute atomic E-state index is 12.7. The van der Waals surface area contributed by atoms with E-state index in [0.29, 0.717) is 42.1 Å². The molecule has 7 nitrogen and oxygen atoms in total. The van der Waals surface area contributed by atoms with Gasteiger partial charge < -0.3 is 4.74 Å². The fourth-order valence-electron chi connectivity index (χ4n) is 3.25. The van der Waals surface area contributed by atoms with Crippen molar-refractivity contribution in [3.8, 4) is 11.5 Å². The predicted octanol–water partition coefficient (Wildman–Crippen LogP) is 4.32. The second kappa shape index (κ2) is 8.61. The molecule has 8 heteroatoms. The van der Waals surface area contributed by atoms with Crippen molar-refractivity contribution in [2.75, 3.05) is 9.62 Å². The number of carbonyl (C=O) groups excluding carboxylic acids is 2. The Morgan fingerprint density at radius 2 is 1.32 bits per heavy atom. The first-order chi connectivity index (χ1) is 14.9. The number of nitrogens with one attached hydrogen (secondary N) is 1. The van der Waals surface area contributed by atoms with Crippen LogP contribution < -0.4 is 14.4 Å². The minimum Gasteiger partial charge on any atom is -0.457 e. The second-order valence-electron chi connectivity index (χ2n) is 7.02. The molecule has 31 heavy (non-hydrogen) atoms. The molecule has 0 aliphatic carbocycles. The third-order valence-corrected chi connectivity index (χ3v) is 6.17. The lowest BCUT2D eigenvalue weighted by Crippen LogP contribution is -2.40. The number of para-hydroxylation sites is 1. The molecule has 0 atom stereocenters. The Morgan fingerprint density at radius 1 is 0.742 bits per heavy atom. The normalized spacial score (nSPS) is 14.4. The highest BCUT2D eigenvalue weighted by Gasteiger charge is 2.27. The highest BCUT2D eigenvalue weighted by Crippen LogP contribution is 2.26. The molecule has 3 aromatic rings. The van der Waals surface area contributed by atoms with Crippen LogP contribution in [-0.4, -0.2) is 20.2 Å². The predicted molar refractivity (Wildman–Crippen MR) is 117 cm³/mol. The molecular formula is C23H20N2O5S. The summed E-state index contributed by atoms with van der Waals surface area (Å²) in [4.78, 5) is 25.2. The van der Waals surface area contributed by atoms with E-state index in [2.05, 4.69) is 4.72 Å². The summed E-state index contributed by atoms with van der Waals surface area (Å²) in [6, 6.07) is 21.5. The van der Waals surface area contributed by atoms with Crippen LogP contribution in [-0.2, 0) is 19.6 Å². The number of ether oxygens (including phenoxy) is 1. The molecular weight excluding hydrogens is 416 g/mol. The number of anilines is 2. The zero-order valence-corrected chi connectivity index (χ0v) is 17.3. The highest BCUT2D eigenvalue weighted by molar-refractivity contribution is 7.92.